The van der Waals surface area contributed by atoms with Gasteiger partial charge in [-0.3, -0.25) is 14.7 Å². The van der Waals surface area contributed by atoms with Crippen LogP contribution in [-0.4, -0.2) is 113 Å². The first-order valence-electron chi connectivity index (χ1n) is 12.8. The van der Waals surface area contributed by atoms with E-state index in [4.69, 9.17) is 21.1 Å². The van der Waals surface area contributed by atoms with Crippen LogP contribution in [0.5, 0.6) is 0 Å². The van der Waals surface area contributed by atoms with Gasteiger partial charge in [-0.05, 0) is 36.9 Å². The highest BCUT2D eigenvalue weighted by Crippen LogP contribution is 2.30. The summed E-state index contributed by atoms with van der Waals surface area (Å²) in [5, 5.41) is 39.5. The van der Waals surface area contributed by atoms with Gasteiger partial charge in [0.2, 0.25) is 5.91 Å². The number of benzene rings is 2. The molecule has 4 rings (SSSR count). The van der Waals surface area contributed by atoms with E-state index in [0.29, 0.717) is 41.6 Å². The van der Waals surface area contributed by atoms with Gasteiger partial charge in [0.25, 0.3) is 0 Å². The largest absolute Gasteiger partial charge is 0.479 e. The molecule has 1 saturated heterocycles. The van der Waals surface area contributed by atoms with Crippen LogP contribution in [-0.2, 0) is 19.1 Å². The molecule has 1 fully saturated rings. The number of aliphatic carboxylic acids is 1. The third-order valence-corrected chi connectivity index (χ3v) is 7.13. The number of aliphatic hydroxyl groups is 3. The van der Waals surface area contributed by atoms with E-state index >= 15 is 0 Å². The van der Waals surface area contributed by atoms with Crippen molar-refractivity contribution in [1.29, 1.82) is 0 Å². The minimum Gasteiger partial charge on any atom is -0.479 e. The number of carboxylic acid groups (broad SMARTS) is 1. The fourth-order valence-corrected chi connectivity index (χ4v) is 4.84. The summed E-state index contributed by atoms with van der Waals surface area (Å²) in [7, 11) is 0. The number of anilines is 1. The molecule has 0 saturated carbocycles. The highest BCUT2D eigenvalue weighted by atomic mass is 35.5. The number of aliphatic imine (C=N–C) groups is 1. The van der Waals surface area contributed by atoms with Gasteiger partial charge in [-0.15, -0.1) is 0 Å². The normalized spacial score (nSPS) is 25.0. The van der Waals surface area contributed by atoms with Crippen LogP contribution in [0.1, 0.15) is 18.1 Å². The molecular weight excluding hydrogens is 549 g/mol. The zero-order chi connectivity index (χ0) is 29.0. The number of carboxylic acids is 1. The average molecular weight is 580 g/mol. The van der Waals surface area contributed by atoms with Crippen molar-refractivity contribution in [2.75, 3.05) is 44.2 Å². The van der Waals surface area contributed by atoms with E-state index in [1.54, 1.807) is 41.3 Å². The Morgan fingerprint density at radius 2 is 1.90 bits per heavy atom. The zero-order valence-electron chi connectivity index (χ0n) is 21.7. The Morgan fingerprint density at radius 1 is 1.15 bits per heavy atom. The maximum atomic E-state index is 14.7. The molecule has 2 heterocycles. The number of amides is 1. The van der Waals surface area contributed by atoms with Crippen LogP contribution in [0.25, 0.3) is 0 Å². The number of rotatable bonds is 10. The molecular formula is C27H31ClFN3O8. The molecule has 13 heteroatoms. The molecule has 0 aromatic heterocycles. The number of nitrogens with zero attached hydrogens (tertiary/aromatic N) is 3. The lowest BCUT2D eigenvalue weighted by Crippen LogP contribution is -2.60. The number of carbonyl (C=O) groups is 2. The van der Waals surface area contributed by atoms with Crippen LogP contribution in [0.4, 0.5) is 10.1 Å². The SMILES string of the molecule is CCN(CCOC1O[C@H](C(=O)O)[C@@H](O)[C@H](O)[C@H]1O)CCN1C(=O)CN=C(c2ccccc2F)c2cc(Cl)ccc21. The highest BCUT2D eigenvalue weighted by molar-refractivity contribution is 6.32. The fourth-order valence-electron chi connectivity index (χ4n) is 4.67. The lowest BCUT2D eigenvalue weighted by molar-refractivity contribution is -0.294. The predicted molar refractivity (Wildman–Crippen MR) is 143 cm³/mol. The highest BCUT2D eigenvalue weighted by Gasteiger charge is 2.47. The van der Waals surface area contributed by atoms with E-state index in [1.807, 2.05) is 11.8 Å². The molecule has 5 atom stereocenters. The summed E-state index contributed by atoms with van der Waals surface area (Å²) in [6, 6.07) is 11.2. The molecule has 11 nitrogen and oxygen atoms in total. The molecule has 40 heavy (non-hydrogen) atoms. The minimum atomic E-state index is -1.80. The van der Waals surface area contributed by atoms with Crippen LogP contribution in [0.15, 0.2) is 47.5 Å². The molecule has 4 N–H and O–H groups in total. The topological polar surface area (TPSA) is 152 Å². The van der Waals surface area contributed by atoms with Gasteiger partial charge in [0.05, 0.1) is 18.0 Å². The Morgan fingerprint density at radius 3 is 2.60 bits per heavy atom. The van der Waals surface area contributed by atoms with E-state index < -0.39 is 42.5 Å². The van der Waals surface area contributed by atoms with Crippen molar-refractivity contribution in [3.8, 4) is 0 Å². The second-order valence-corrected chi connectivity index (χ2v) is 9.83. The second kappa shape index (κ2) is 13.1. The average Bonchev–Trinajstić information content (AvgIpc) is 3.06. The number of aliphatic hydroxyl groups excluding tert-OH is 3. The smallest absolute Gasteiger partial charge is 0.335 e. The van der Waals surface area contributed by atoms with Crippen molar-refractivity contribution in [3.63, 3.8) is 0 Å². The van der Waals surface area contributed by atoms with E-state index in [1.165, 1.54) is 6.07 Å². The van der Waals surface area contributed by atoms with Gasteiger partial charge < -0.3 is 34.8 Å². The number of fused-ring (bicyclic) bond motifs is 1. The number of likely N-dealkylation sites (N-methyl/N-ethyl adjacent to an activating group) is 1. The van der Waals surface area contributed by atoms with Crippen LogP contribution in [0.2, 0.25) is 5.02 Å². The first-order chi connectivity index (χ1) is 19.1. The summed E-state index contributed by atoms with van der Waals surface area (Å²) in [6.07, 6.45) is -8.38. The van der Waals surface area contributed by atoms with Crippen LogP contribution >= 0.6 is 11.6 Å². The van der Waals surface area contributed by atoms with Gasteiger partial charge in [-0.25, -0.2) is 9.18 Å². The van der Waals surface area contributed by atoms with E-state index in [9.17, 15) is 34.4 Å². The number of hydrogen-bond acceptors (Lipinski definition) is 9. The third-order valence-electron chi connectivity index (χ3n) is 6.90. The summed E-state index contributed by atoms with van der Waals surface area (Å²) < 4.78 is 25.3. The Kier molecular flexibility index (Phi) is 9.85. The van der Waals surface area contributed by atoms with Gasteiger partial charge in [-0.1, -0.05) is 30.7 Å². The van der Waals surface area contributed by atoms with Crippen molar-refractivity contribution < 1.29 is 43.9 Å². The molecule has 2 aliphatic rings. The first kappa shape index (κ1) is 30.0. The van der Waals surface area contributed by atoms with Crippen molar-refractivity contribution in [2.45, 2.75) is 37.6 Å². The lowest BCUT2D eigenvalue weighted by atomic mass is 9.99. The molecule has 0 radical (unpaired) electrons. The Bertz CT molecular complexity index is 1260. The monoisotopic (exact) mass is 579 g/mol. The number of halogens is 2. The lowest BCUT2D eigenvalue weighted by Gasteiger charge is -2.38. The van der Waals surface area contributed by atoms with Gasteiger partial charge in [0.15, 0.2) is 12.4 Å². The molecule has 0 aliphatic carbocycles. The molecule has 2 aromatic rings. The van der Waals surface area contributed by atoms with E-state index in [-0.39, 0.29) is 31.2 Å². The predicted octanol–water partition coefficient (Wildman–Crippen LogP) is 0.894. The van der Waals surface area contributed by atoms with Crippen LogP contribution < -0.4 is 4.90 Å². The van der Waals surface area contributed by atoms with Gasteiger partial charge in [-0.2, -0.15) is 0 Å². The Labute approximate surface area is 235 Å². The Balaban J connectivity index is 1.43. The standard InChI is InChI=1S/C27H31ClFN3O8/c1-2-31(11-12-39-27-24(36)22(34)23(35)25(40-27)26(37)38)9-10-32-19-8-7-15(28)13-17(19)21(30-14-20(32)33)16-5-3-4-6-18(16)29/h3-8,13,22-25,27,34-36H,2,9-12,14H2,1H3,(H,37,38)/t22-,23-,24+,25-,27?/m0/s1. The summed E-state index contributed by atoms with van der Waals surface area (Å²) in [5.41, 5.74) is 1.69. The van der Waals surface area contributed by atoms with Gasteiger partial charge in [0, 0.05) is 35.8 Å². The number of ether oxygens (including phenoxy) is 2. The molecule has 2 aromatic carbocycles. The minimum absolute atomic E-state index is 0.00536. The molecule has 1 unspecified atom stereocenters. The molecule has 0 bridgehead atoms. The van der Waals surface area contributed by atoms with Gasteiger partial charge >= 0.3 is 5.97 Å². The molecule has 0 spiro atoms. The molecule has 216 valence electrons. The Hall–Kier alpha value is -2.97. The number of benzodiazepines with no additional fused rings is 1. The number of carbonyl (C=O) groups excluding carboxylic acids is 1. The summed E-state index contributed by atoms with van der Waals surface area (Å²) in [5.74, 6) is -2.23. The summed E-state index contributed by atoms with van der Waals surface area (Å²) in [4.78, 5) is 32.4. The third kappa shape index (κ3) is 6.50. The van der Waals surface area contributed by atoms with Crippen LogP contribution in [0, 0.1) is 5.82 Å². The van der Waals surface area contributed by atoms with Crippen molar-refractivity contribution in [2.24, 2.45) is 4.99 Å². The van der Waals surface area contributed by atoms with Gasteiger partial charge in [0.1, 0.15) is 30.7 Å². The maximum absolute atomic E-state index is 14.7. The first-order valence-corrected chi connectivity index (χ1v) is 13.2. The zero-order valence-corrected chi connectivity index (χ0v) is 22.4. The maximum Gasteiger partial charge on any atom is 0.335 e. The van der Waals surface area contributed by atoms with E-state index in [0.717, 1.165) is 0 Å². The fraction of sp³-hybridized carbons (Fsp3) is 0.444. The van der Waals surface area contributed by atoms with Crippen molar-refractivity contribution >= 4 is 34.9 Å². The second-order valence-electron chi connectivity index (χ2n) is 9.39. The van der Waals surface area contributed by atoms with Crippen molar-refractivity contribution in [3.05, 3.63) is 64.4 Å². The molecule has 1 amide bonds. The summed E-state index contributed by atoms with van der Waals surface area (Å²) in [6.45, 7) is 3.32. The van der Waals surface area contributed by atoms with Crippen molar-refractivity contribution in [1.82, 2.24) is 4.90 Å². The number of hydrogen-bond donors (Lipinski definition) is 4. The quantitative estimate of drug-likeness (QED) is 0.321. The molecule has 2 aliphatic heterocycles. The van der Waals surface area contributed by atoms with Crippen LogP contribution in [0.3, 0.4) is 0 Å². The summed E-state index contributed by atoms with van der Waals surface area (Å²) >= 11 is 6.27. The van der Waals surface area contributed by atoms with E-state index in [2.05, 4.69) is 4.99 Å².